The lowest BCUT2D eigenvalue weighted by Crippen LogP contribution is -1.83. The highest BCUT2D eigenvalue weighted by Crippen LogP contribution is 2.32. The second-order valence-corrected chi connectivity index (χ2v) is 3.50. The number of nitrogen functional groups attached to an aromatic ring is 2. The Kier molecular flexibility index (Phi) is 2.49. The summed E-state index contributed by atoms with van der Waals surface area (Å²) in [4.78, 5) is 3.94. The molecule has 1 aromatic carbocycles. The number of rotatable bonds is 0. The van der Waals surface area contributed by atoms with E-state index in [0.29, 0.717) is 16.3 Å². The van der Waals surface area contributed by atoms with Gasteiger partial charge in [0.25, 0.3) is 0 Å². The summed E-state index contributed by atoms with van der Waals surface area (Å²) in [5.74, 6) is 0.0814. The first-order valence-electron chi connectivity index (χ1n) is 3.31. The van der Waals surface area contributed by atoms with Crippen LogP contribution in [-0.2, 0) is 0 Å². The van der Waals surface area contributed by atoms with Gasteiger partial charge in [-0.3, -0.25) is 0 Å². The molecule has 0 radical (unpaired) electrons. The summed E-state index contributed by atoms with van der Waals surface area (Å²) in [7, 11) is 0. The third kappa shape index (κ3) is 1.61. The number of fused-ring (bicyclic) bond motifs is 1. The van der Waals surface area contributed by atoms with E-state index in [4.69, 9.17) is 11.5 Å². The monoisotopic (exact) mass is 217 g/mol. The van der Waals surface area contributed by atoms with Gasteiger partial charge in [-0.15, -0.1) is 12.4 Å². The predicted octanol–water partition coefficient (Wildman–Crippen LogP) is 1.59. The second-order valence-electron chi connectivity index (χ2n) is 2.44. The number of hydrogen-bond acceptors (Lipinski definition) is 5. The smallest absolute Gasteiger partial charge is 0.181 e. The molecule has 0 bridgehead atoms. The normalized spacial score (nSPS) is 9.85. The molecule has 0 atom stereocenters. The first-order valence-corrected chi connectivity index (χ1v) is 4.13. The number of thiazole rings is 1. The topological polar surface area (TPSA) is 85.2 Å². The number of nitrogens with two attached hydrogens (primary N) is 2. The van der Waals surface area contributed by atoms with Crippen molar-refractivity contribution in [3.8, 4) is 5.75 Å². The Morgan fingerprint density at radius 1 is 1.31 bits per heavy atom. The number of hydrogen-bond donors (Lipinski definition) is 3. The lowest BCUT2D eigenvalue weighted by molar-refractivity contribution is 0.481. The van der Waals surface area contributed by atoms with Crippen molar-refractivity contribution in [3.05, 3.63) is 12.1 Å². The molecule has 0 amide bonds. The highest BCUT2D eigenvalue weighted by atomic mass is 35.5. The minimum atomic E-state index is 0. The highest BCUT2D eigenvalue weighted by Gasteiger charge is 2.06. The highest BCUT2D eigenvalue weighted by molar-refractivity contribution is 7.22. The minimum Gasteiger partial charge on any atom is -0.506 e. The molecule has 0 unspecified atom stereocenters. The molecule has 1 aromatic heterocycles. The number of aromatic nitrogens is 1. The van der Waals surface area contributed by atoms with Gasteiger partial charge in [-0.2, -0.15) is 0 Å². The first-order chi connectivity index (χ1) is 5.66. The van der Waals surface area contributed by atoms with E-state index in [1.54, 1.807) is 6.07 Å². The van der Waals surface area contributed by atoms with Crippen molar-refractivity contribution in [1.29, 1.82) is 0 Å². The molecular weight excluding hydrogens is 210 g/mol. The Labute approximate surface area is 84.6 Å². The largest absolute Gasteiger partial charge is 0.506 e. The average Bonchev–Trinajstić information content (AvgIpc) is 2.29. The molecule has 13 heavy (non-hydrogen) atoms. The van der Waals surface area contributed by atoms with Crippen LogP contribution in [0.1, 0.15) is 0 Å². The van der Waals surface area contributed by atoms with Crippen molar-refractivity contribution in [1.82, 2.24) is 4.98 Å². The molecule has 0 aliphatic carbocycles. The van der Waals surface area contributed by atoms with E-state index < -0.39 is 0 Å². The summed E-state index contributed by atoms with van der Waals surface area (Å²) in [6.45, 7) is 0. The van der Waals surface area contributed by atoms with E-state index >= 15 is 0 Å². The molecule has 0 aliphatic rings. The number of aromatic hydroxyl groups is 1. The van der Waals surface area contributed by atoms with Gasteiger partial charge in [-0.1, -0.05) is 11.3 Å². The van der Waals surface area contributed by atoms with Crippen LogP contribution in [-0.4, -0.2) is 10.1 Å². The summed E-state index contributed by atoms with van der Waals surface area (Å²) in [5, 5.41) is 9.81. The lowest BCUT2D eigenvalue weighted by atomic mass is 10.3. The molecule has 0 aliphatic heterocycles. The number of anilines is 2. The predicted molar refractivity (Wildman–Crippen MR) is 57.4 cm³/mol. The van der Waals surface area contributed by atoms with Crippen LogP contribution < -0.4 is 11.5 Å². The zero-order valence-corrected chi connectivity index (χ0v) is 8.15. The maximum absolute atomic E-state index is 9.37. The molecule has 70 valence electrons. The fraction of sp³-hybridized carbons (Fsp3) is 0. The quantitative estimate of drug-likeness (QED) is 0.585. The maximum atomic E-state index is 9.37. The zero-order valence-electron chi connectivity index (χ0n) is 6.52. The van der Waals surface area contributed by atoms with Gasteiger partial charge in [0.05, 0.1) is 4.70 Å². The zero-order chi connectivity index (χ0) is 8.72. The van der Waals surface area contributed by atoms with E-state index in [-0.39, 0.29) is 18.2 Å². The van der Waals surface area contributed by atoms with Crippen molar-refractivity contribution in [3.63, 3.8) is 0 Å². The van der Waals surface area contributed by atoms with Crippen LogP contribution in [0.5, 0.6) is 5.75 Å². The fourth-order valence-electron chi connectivity index (χ4n) is 1.05. The van der Waals surface area contributed by atoms with E-state index in [2.05, 4.69) is 4.98 Å². The Hall–Kier alpha value is -1.20. The van der Waals surface area contributed by atoms with E-state index in [1.165, 1.54) is 17.4 Å². The summed E-state index contributed by atoms with van der Waals surface area (Å²) in [6.07, 6.45) is 0. The molecule has 6 heteroatoms. The van der Waals surface area contributed by atoms with Crippen LogP contribution in [0.2, 0.25) is 0 Å². The van der Waals surface area contributed by atoms with Gasteiger partial charge in [-0.25, -0.2) is 4.98 Å². The van der Waals surface area contributed by atoms with E-state index in [9.17, 15) is 5.11 Å². The molecule has 4 nitrogen and oxygen atoms in total. The van der Waals surface area contributed by atoms with Crippen LogP contribution in [0.25, 0.3) is 10.2 Å². The molecule has 2 aromatic rings. The van der Waals surface area contributed by atoms with Crippen molar-refractivity contribution < 1.29 is 5.11 Å². The Morgan fingerprint density at radius 3 is 2.69 bits per heavy atom. The van der Waals surface area contributed by atoms with Gasteiger partial charge < -0.3 is 16.6 Å². The third-order valence-electron chi connectivity index (χ3n) is 1.51. The fourth-order valence-corrected chi connectivity index (χ4v) is 1.85. The van der Waals surface area contributed by atoms with Crippen LogP contribution in [0.4, 0.5) is 10.8 Å². The number of phenols is 1. The molecule has 2 rings (SSSR count). The summed E-state index contributed by atoms with van der Waals surface area (Å²) in [6, 6.07) is 3.20. The standard InChI is InChI=1S/C7H7N3OS.ClH/c8-3-1-4(11)6-5(2-3)12-7(9)10-6;/h1-2,11H,8H2,(H2,9,10);1H. The summed E-state index contributed by atoms with van der Waals surface area (Å²) in [5.41, 5.74) is 12.0. The van der Waals surface area contributed by atoms with Gasteiger partial charge in [0, 0.05) is 11.8 Å². The van der Waals surface area contributed by atoms with Crippen LogP contribution in [0.3, 0.4) is 0 Å². The number of nitrogens with zero attached hydrogens (tertiary/aromatic N) is 1. The lowest BCUT2D eigenvalue weighted by Gasteiger charge is -1.94. The van der Waals surface area contributed by atoms with Gasteiger partial charge in [0.15, 0.2) is 5.13 Å². The number of halogens is 1. The molecule has 0 saturated carbocycles. The number of phenolic OH excluding ortho intramolecular Hbond substituents is 1. The van der Waals surface area contributed by atoms with Gasteiger partial charge in [-0.05, 0) is 6.07 Å². The Morgan fingerprint density at radius 2 is 2.00 bits per heavy atom. The van der Waals surface area contributed by atoms with Crippen molar-refractivity contribution in [2.45, 2.75) is 0 Å². The van der Waals surface area contributed by atoms with Crippen LogP contribution in [0, 0.1) is 0 Å². The first kappa shape index (κ1) is 9.88. The van der Waals surface area contributed by atoms with Crippen LogP contribution >= 0.6 is 23.7 Å². The SMILES string of the molecule is Cl.Nc1cc(O)c2nc(N)sc2c1. The maximum Gasteiger partial charge on any atom is 0.181 e. The Bertz CT molecular complexity index is 442. The molecular formula is C7H8ClN3OS. The van der Waals surface area contributed by atoms with Crippen molar-refractivity contribution in [2.24, 2.45) is 0 Å². The Balaban J connectivity index is 0.000000845. The van der Waals surface area contributed by atoms with Gasteiger partial charge in [0.1, 0.15) is 11.3 Å². The van der Waals surface area contributed by atoms with Crippen LogP contribution in [0.15, 0.2) is 12.1 Å². The molecule has 0 fully saturated rings. The van der Waals surface area contributed by atoms with Crippen molar-refractivity contribution in [2.75, 3.05) is 11.5 Å². The van der Waals surface area contributed by atoms with Gasteiger partial charge in [0.2, 0.25) is 0 Å². The van der Waals surface area contributed by atoms with Gasteiger partial charge >= 0.3 is 0 Å². The second kappa shape index (κ2) is 3.27. The summed E-state index contributed by atoms with van der Waals surface area (Å²) >= 11 is 1.31. The summed E-state index contributed by atoms with van der Waals surface area (Å²) < 4.78 is 0.810. The molecule has 0 saturated heterocycles. The van der Waals surface area contributed by atoms with Crippen molar-refractivity contribution >= 4 is 44.8 Å². The molecule has 1 heterocycles. The molecule has 5 N–H and O–H groups in total. The number of benzene rings is 1. The third-order valence-corrected chi connectivity index (χ3v) is 2.35. The molecule has 0 spiro atoms. The minimum absolute atomic E-state index is 0. The van der Waals surface area contributed by atoms with E-state index in [0.717, 1.165) is 4.70 Å². The average molecular weight is 218 g/mol. The van der Waals surface area contributed by atoms with E-state index in [1.807, 2.05) is 0 Å².